The largest absolute Gasteiger partial charge is 0.463 e. The Morgan fingerprint density at radius 2 is 1.45 bits per heavy atom. The summed E-state index contributed by atoms with van der Waals surface area (Å²) in [5.41, 5.74) is 1.44. The predicted octanol–water partition coefficient (Wildman–Crippen LogP) is 5.16. The summed E-state index contributed by atoms with van der Waals surface area (Å²) < 4.78 is 16.5. The van der Waals surface area contributed by atoms with E-state index in [9.17, 15) is 14.4 Å². The molecule has 3 atom stereocenters. The lowest BCUT2D eigenvalue weighted by molar-refractivity contribution is -0.176. The number of rotatable bonds is 10. The lowest BCUT2D eigenvalue weighted by atomic mass is 9.79. The lowest BCUT2D eigenvalue weighted by Gasteiger charge is -2.29. The molecule has 0 aliphatic heterocycles. The SMILES string of the molecule is CCCCOC(=O)C(OC(=O)C1CCCCC1C(=O)OCc1ccccc1)c1ccccc1. The van der Waals surface area contributed by atoms with E-state index in [2.05, 4.69) is 0 Å². The second kappa shape index (κ2) is 12.8. The molecule has 0 spiro atoms. The first kappa shape index (κ1) is 24.5. The first-order chi connectivity index (χ1) is 16.1. The van der Waals surface area contributed by atoms with Crippen molar-refractivity contribution in [2.75, 3.05) is 6.61 Å². The van der Waals surface area contributed by atoms with Gasteiger partial charge in [-0.2, -0.15) is 0 Å². The average molecular weight is 453 g/mol. The van der Waals surface area contributed by atoms with Crippen LogP contribution in [0.2, 0.25) is 0 Å². The van der Waals surface area contributed by atoms with Crippen LogP contribution in [0.5, 0.6) is 0 Å². The number of benzene rings is 2. The topological polar surface area (TPSA) is 78.9 Å². The van der Waals surface area contributed by atoms with Crippen LogP contribution in [0.3, 0.4) is 0 Å². The molecule has 0 saturated heterocycles. The highest BCUT2D eigenvalue weighted by Crippen LogP contribution is 2.34. The van der Waals surface area contributed by atoms with Gasteiger partial charge in [0.2, 0.25) is 6.10 Å². The van der Waals surface area contributed by atoms with E-state index in [4.69, 9.17) is 14.2 Å². The zero-order valence-corrected chi connectivity index (χ0v) is 19.1. The minimum atomic E-state index is -1.15. The maximum Gasteiger partial charge on any atom is 0.352 e. The summed E-state index contributed by atoms with van der Waals surface area (Å²) in [5, 5.41) is 0. The Morgan fingerprint density at radius 3 is 2.09 bits per heavy atom. The zero-order valence-electron chi connectivity index (χ0n) is 19.1. The molecule has 3 rings (SSSR count). The van der Waals surface area contributed by atoms with Gasteiger partial charge in [-0.3, -0.25) is 9.59 Å². The molecule has 6 nitrogen and oxygen atoms in total. The van der Waals surface area contributed by atoms with E-state index in [1.807, 2.05) is 43.3 Å². The van der Waals surface area contributed by atoms with Gasteiger partial charge in [0.05, 0.1) is 18.4 Å². The average Bonchev–Trinajstić information content (AvgIpc) is 2.87. The molecule has 0 bridgehead atoms. The van der Waals surface area contributed by atoms with E-state index in [0.717, 1.165) is 31.2 Å². The van der Waals surface area contributed by atoms with E-state index >= 15 is 0 Å². The van der Waals surface area contributed by atoms with Gasteiger partial charge in [-0.1, -0.05) is 86.8 Å². The minimum Gasteiger partial charge on any atom is -0.463 e. The third kappa shape index (κ3) is 7.17. The summed E-state index contributed by atoms with van der Waals surface area (Å²) in [6.45, 7) is 2.44. The summed E-state index contributed by atoms with van der Waals surface area (Å²) in [6, 6.07) is 18.3. The Hall–Kier alpha value is -3.15. The van der Waals surface area contributed by atoms with Gasteiger partial charge >= 0.3 is 17.9 Å². The third-order valence-corrected chi connectivity index (χ3v) is 5.89. The van der Waals surface area contributed by atoms with Crippen LogP contribution in [0.1, 0.15) is 62.7 Å². The molecule has 0 aromatic heterocycles. The Labute approximate surface area is 195 Å². The molecule has 1 aliphatic carbocycles. The Bertz CT molecular complexity index is 895. The molecule has 1 saturated carbocycles. The van der Waals surface area contributed by atoms with Crippen LogP contribution in [0, 0.1) is 11.8 Å². The van der Waals surface area contributed by atoms with E-state index in [1.165, 1.54) is 0 Å². The Morgan fingerprint density at radius 1 is 0.848 bits per heavy atom. The smallest absolute Gasteiger partial charge is 0.352 e. The molecule has 1 fully saturated rings. The van der Waals surface area contributed by atoms with Crippen molar-refractivity contribution in [3.63, 3.8) is 0 Å². The maximum atomic E-state index is 13.2. The van der Waals surface area contributed by atoms with Crippen LogP contribution in [0.25, 0.3) is 0 Å². The van der Waals surface area contributed by atoms with Gasteiger partial charge in [-0.15, -0.1) is 0 Å². The van der Waals surface area contributed by atoms with Crippen molar-refractivity contribution in [2.24, 2.45) is 11.8 Å². The highest BCUT2D eigenvalue weighted by molar-refractivity contribution is 5.85. The van der Waals surface area contributed by atoms with Crippen molar-refractivity contribution >= 4 is 17.9 Å². The van der Waals surface area contributed by atoms with Gasteiger partial charge in [-0.25, -0.2) is 4.79 Å². The predicted molar refractivity (Wildman–Crippen MR) is 123 cm³/mol. The van der Waals surface area contributed by atoms with Crippen LogP contribution < -0.4 is 0 Å². The van der Waals surface area contributed by atoms with Crippen molar-refractivity contribution in [1.29, 1.82) is 0 Å². The van der Waals surface area contributed by atoms with E-state index in [0.29, 0.717) is 18.4 Å². The summed E-state index contributed by atoms with van der Waals surface area (Å²) >= 11 is 0. The van der Waals surface area contributed by atoms with E-state index in [1.54, 1.807) is 24.3 Å². The molecule has 0 amide bonds. The second-order valence-electron chi connectivity index (χ2n) is 8.34. The van der Waals surface area contributed by atoms with Gasteiger partial charge in [0.1, 0.15) is 6.61 Å². The number of hydrogen-bond acceptors (Lipinski definition) is 6. The standard InChI is InChI=1S/C27H32O6/c1-2-3-18-31-27(30)24(21-14-8-5-9-15-21)33-26(29)23-17-11-10-16-22(23)25(28)32-19-20-12-6-4-7-13-20/h4-9,12-15,22-24H,2-3,10-11,16-19H2,1H3. The number of esters is 3. The first-order valence-corrected chi connectivity index (χ1v) is 11.7. The molecule has 6 heteroatoms. The number of carbonyl (C=O) groups is 3. The van der Waals surface area contributed by atoms with Crippen molar-refractivity contribution in [2.45, 2.75) is 58.2 Å². The molecule has 33 heavy (non-hydrogen) atoms. The van der Waals surface area contributed by atoms with Crippen LogP contribution in [0.15, 0.2) is 60.7 Å². The van der Waals surface area contributed by atoms with Gasteiger partial charge in [0.25, 0.3) is 0 Å². The zero-order chi connectivity index (χ0) is 23.5. The lowest BCUT2D eigenvalue weighted by Crippen LogP contribution is -2.36. The molecule has 2 aromatic rings. The number of carbonyl (C=O) groups excluding carboxylic acids is 3. The molecule has 176 valence electrons. The molecule has 0 N–H and O–H groups in total. The molecule has 2 aromatic carbocycles. The van der Waals surface area contributed by atoms with Crippen LogP contribution in [0.4, 0.5) is 0 Å². The number of hydrogen-bond donors (Lipinski definition) is 0. The minimum absolute atomic E-state index is 0.161. The molecule has 1 aliphatic rings. The van der Waals surface area contributed by atoms with Crippen LogP contribution in [-0.2, 0) is 35.2 Å². The second-order valence-corrected chi connectivity index (χ2v) is 8.34. The summed E-state index contributed by atoms with van der Waals surface area (Å²) in [6.07, 6.45) is 3.21. The fraction of sp³-hybridized carbons (Fsp3) is 0.444. The molecular weight excluding hydrogens is 420 g/mol. The van der Waals surface area contributed by atoms with Crippen molar-refractivity contribution in [3.05, 3.63) is 71.8 Å². The number of ether oxygens (including phenoxy) is 3. The third-order valence-electron chi connectivity index (χ3n) is 5.89. The van der Waals surface area contributed by atoms with E-state index in [-0.39, 0.29) is 13.2 Å². The normalized spacial score (nSPS) is 18.7. The Balaban J connectivity index is 1.68. The summed E-state index contributed by atoms with van der Waals surface area (Å²) in [4.78, 5) is 38.7. The quantitative estimate of drug-likeness (QED) is 0.281. The van der Waals surface area contributed by atoms with E-state index < -0.39 is 35.8 Å². The maximum absolute atomic E-state index is 13.2. The van der Waals surface area contributed by atoms with Crippen LogP contribution >= 0.6 is 0 Å². The van der Waals surface area contributed by atoms with Gasteiger partial charge in [0, 0.05) is 5.56 Å². The molecule has 3 unspecified atom stereocenters. The Kier molecular flexibility index (Phi) is 9.48. The first-order valence-electron chi connectivity index (χ1n) is 11.7. The number of unbranched alkanes of at least 4 members (excludes halogenated alkanes) is 1. The fourth-order valence-corrected chi connectivity index (χ4v) is 4.01. The van der Waals surface area contributed by atoms with Crippen LogP contribution in [-0.4, -0.2) is 24.5 Å². The monoisotopic (exact) mass is 452 g/mol. The summed E-state index contributed by atoms with van der Waals surface area (Å²) in [5.74, 6) is -2.78. The van der Waals surface area contributed by atoms with Gasteiger partial charge in [0.15, 0.2) is 0 Å². The highest BCUT2D eigenvalue weighted by atomic mass is 16.6. The van der Waals surface area contributed by atoms with Crippen molar-refractivity contribution in [3.8, 4) is 0 Å². The van der Waals surface area contributed by atoms with Gasteiger partial charge in [-0.05, 0) is 24.8 Å². The fourth-order valence-electron chi connectivity index (χ4n) is 4.01. The van der Waals surface area contributed by atoms with Crippen molar-refractivity contribution in [1.82, 2.24) is 0 Å². The molecule has 0 heterocycles. The molecular formula is C27H32O6. The summed E-state index contributed by atoms with van der Waals surface area (Å²) in [7, 11) is 0. The van der Waals surface area contributed by atoms with Gasteiger partial charge < -0.3 is 14.2 Å². The highest BCUT2D eigenvalue weighted by Gasteiger charge is 2.40. The molecule has 0 radical (unpaired) electrons. The van der Waals surface area contributed by atoms with Crippen molar-refractivity contribution < 1.29 is 28.6 Å².